The molecule has 4 heteroatoms. The Labute approximate surface area is 130 Å². The topological polar surface area (TPSA) is 41.1 Å². The van der Waals surface area contributed by atoms with Gasteiger partial charge in [-0.1, -0.05) is 32.0 Å². The highest BCUT2D eigenvalue weighted by Crippen LogP contribution is 2.24. The first-order valence-electron chi connectivity index (χ1n) is 7.39. The van der Waals surface area contributed by atoms with E-state index >= 15 is 0 Å². The van der Waals surface area contributed by atoms with E-state index in [9.17, 15) is 9.18 Å². The zero-order valence-corrected chi connectivity index (χ0v) is 13.1. The molecule has 0 aliphatic carbocycles. The van der Waals surface area contributed by atoms with Gasteiger partial charge in [-0.25, -0.2) is 4.39 Å². The minimum absolute atomic E-state index is 0.162. The van der Waals surface area contributed by atoms with Gasteiger partial charge in [0.1, 0.15) is 11.9 Å². The number of rotatable bonds is 5. The van der Waals surface area contributed by atoms with Gasteiger partial charge in [0.15, 0.2) is 0 Å². The van der Waals surface area contributed by atoms with Crippen LogP contribution in [0.1, 0.15) is 32.3 Å². The molecule has 2 aromatic rings. The van der Waals surface area contributed by atoms with Crippen LogP contribution >= 0.6 is 0 Å². The Morgan fingerprint density at radius 2 is 1.64 bits per heavy atom. The van der Waals surface area contributed by atoms with Gasteiger partial charge >= 0.3 is 0 Å². The molecule has 0 saturated carbocycles. The summed E-state index contributed by atoms with van der Waals surface area (Å²) in [5.41, 5.74) is 2.71. The van der Waals surface area contributed by atoms with E-state index in [2.05, 4.69) is 30.5 Å². The van der Waals surface area contributed by atoms with Gasteiger partial charge in [-0.3, -0.25) is 4.79 Å². The van der Waals surface area contributed by atoms with E-state index < -0.39 is 6.04 Å². The zero-order valence-electron chi connectivity index (χ0n) is 13.1. The third kappa shape index (κ3) is 4.07. The fraction of sp³-hybridized carbons (Fsp3) is 0.278. The lowest BCUT2D eigenvalue weighted by Crippen LogP contribution is -2.32. The fourth-order valence-corrected chi connectivity index (χ4v) is 2.21. The molecular weight excluding hydrogens is 279 g/mol. The maximum atomic E-state index is 12.9. The number of benzene rings is 2. The van der Waals surface area contributed by atoms with E-state index in [0.29, 0.717) is 11.6 Å². The standard InChI is InChI=1S/C18H21FN2O/c1-12(2)16-6-4-5-7-17(16)20-13(3)18(22)21-15-10-8-14(19)9-11-15/h4-13,20H,1-3H3,(H,21,22)/t13-/m1/s1. The maximum Gasteiger partial charge on any atom is 0.246 e. The average molecular weight is 300 g/mol. The van der Waals surface area contributed by atoms with E-state index in [0.717, 1.165) is 5.69 Å². The Balaban J connectivity index is 2.04. The van der Waals surface area contributed by atoms with Crippen LogP contribution in [0.15, 0.2) is 48.5 Å². The van der Waals surface area contributed by atoms with Crippen molar-refractivity contribution in [1.29, 1.82) is 0 Å². The predicted molar refractivity (Wildman–Crippen MR) is 88.6 cm³/mol. The number of carbonyl (C=O) groups is 1. The Kier molecular flexibility index (Phi) is 5.15. The normalized spacial score (nSPS) is 12.0. The molecule has 116 valence electrons. The molecule has 0 unspecified atom stereocenters. The number of carbonyl (C=O) groups excluding carboxylic acids is 1. The number of halogens is 1. The molecule has 2 rings (SSSR count). The predicted octanol–water partition coefficient (Wildman–Crippen LogP) is 4.39. The fourth-order valence-electron chi connectivity index (χ4n) is 2.21. The third-order valence-electron chi connectivity index (χ3n) is 3.46. The minimum Gasteiger partial charge on any atom is -0.374 e. The zero-order chi connectivity index (χ0) is 16.1. The van der Waals surface area contributed by atoms with Crippen LogP contribution < -0.4 is 10.6 Å². The minimum atomic E-state index is -0.398. The van der Waals surface area contributed by atoms with Crippen molar-refractivity contribution >= 4 is 17.3 Å². The molecule has 22 heavy (non-hydrogen) atoms. The highest BCUT2D eigenvalue weighted by Gasteiger charge is 2.15. The van der Waals surface area contributed by atoms with Crippen molar-refractivity contribution < 1.29 is 9.18 Å². The summed E-state index contributed by atoms with van der Waals surface area (Å²) in [6, 6.07) is 13.3. The van der Waals surface area contributed by atoms with Crippen LogP contribution in [0.25, 0.3) is 0 Å². The lowest BCUT2D eigenvalue weighted by atomic mass is 10.0. The molecular formula is C18H21FN2O. The van der Waals surface area contributed by atoms with Gasteiger partial charge in [0.2, 0.25) is 5.91 Å². The summed E-state index contributed by atoms with van der Waals surface area (Å²) in [6.45, 7) is 6.03. The van der Waals surface area contributed by atoms with Gasteiger partial charge in [0, 0.05) is 11.4 Å². The number of hydrogen-bond acceptors (Lipinski definition) is 2. The second-order valence-electron chi connectivity index (χ2n) is 5.60. The van der Waals surface area contributed by atoms with Crippen molar-refractivity contribution in [2.45, 2.75) is 32.7 Å². The van der Waals surface area contributed by atoms with Gasteiger partial charge < -0.3 is 10.6 Å². The van der Waals surface area contributed by atoms with Crippen LogP contribution in [0.3, 0.4) is 0 Å². The van der Waals surface area contributed by atoms with Crippen LogP contribution in [0.4, 0.5) is 15.8 Å². The molecule has 0 spiro atoms. The van der Waals surface area contributed by atoms with Crippen LogP contribution in [0, 0.1) is 5.82 Å². The van der Waals surface area contributed by atoms with Crippen molar-refractivity contribution in [3.63, 3.8) is 0 Å². The summed E-state index contributed by atoms with van der Waals surface area (Å²) in [4.78, 5) is 12.2. The molecule has 3 nitrogen and oxygen atoms in total. The second kappa shape index (κ2) is 7.07. The highest BCUT2D eigenvalue weighted by atomic mass is 19.1. The SMILES string of the molecule is CC(C)c1ccccc1N[C@H](C)C(=O)Nc1ccc(F)cc1. The summed E-state index contributed by atoms with van der Waals surface area (Å²) < 4.78 is 12.9. The van der Waals surface area contributed by atoms with Gasteiger partial charge in [-0.15, -0.1) is 0 Å². The molecule has 0 heterocycles. The van der Waals surface area contributed by atoms with Crippen LogP contribution in [0.5, 0.6) is 0 Å². The van der Waals surface area contributed by atoms with Crippen molar-refractivity contribution in [2.24, 2.45) is 0 Å². The molecule has 0 bridgehead atoms. The summed E-state index contributed by atoms with van der Waals surface area (Å²) in [5, 5.41) is 6.01. The first kappa shape index (κ1) is 16.0. The Morgan fingerprint density at radius 1 is 1.00 bits per heavy atom. The van der Waals surface area contributed by atoms with E-state index in [1.54, 1.807) is 19.1 Å². The highest BCUT2D eigenvalue weighted by molar-refractivity contribution is 5.96. The number of para-hydroxylation sites is 1. The molecule has 0 saturated heterocycles. The van der Waals surface area contributed by atoms with Crippen LogP contribution in [-0.4, -0.2) is 11.9 Å². The lowest BCUT2D eigenvalue weighted by molar-refractivity contribution is -0.116. The first-order chi connectivity index (χ1) is 10.5. The van der Waals surface area contributed by atoms with Gasteiger partial charge in [-0.2, -0.15) is 0 Å². The molecule has 0 aliphatic heterocycles. The van der Waals surface area contributed by atoms with Gasteiger partial charge in [0.25, 0.3) is 0 Å². The van der Waals surface area contributed by atoms with E-state index in [1.165, 1.54) is 17.7 Å². The van der Waals surface area contributed by atoms with Crippen LogP contribution in [0.2, 0.25) is 0 Å². The molecule has 2 N–H and O–H groups in total. The van der Waals surface area contributed by atoms with Crippen molar-refractivity contribution in [1.82, 2.24) is 0 Å². The van der Waals surface area contributed by atoms with E-state index in [1.807, 2.05) is 18.2 Å². The molecule has 0 fully saturated rings. The van der Waals surface area contributed by atoms with E-state index in [4.69, 9.17) is 0 Å². The smallest absolute Gasteiger partial charge is 0.246 e. The Hall–Kier alpha value is -2.36. The molecule has 0 aromatic heterocycles. The number of hydrogen-bond donors (Lipinski definition) is 2. The molecule has 0 radical (unpaired) electrons. The van der Waals surface area contributed by atoms with Crippen molar-refractivity contribution in [3.8, 4) is 0 Å². The van der Waals surface area contributed by atoms with Gasteiger partial charge in [0.05, 0.1) is 0 Å². The van der Waals surface area contributed by atoms with E-state index in [-0.39, 0.29) is 11.7 Å². The second-order valence-corrected chi connectivity index (χ2v) is 5.60. The quantitative estimate of drug-likeness (QED) is 0.860. The lowest BCUT2D eigenvalue weighted by Gasteiger charge is -2.19. The summed E-state index contributed by atoms with van der Waals surface area (Å²) in [6.07, 6.45) is 0. The number of anilines is 2. The summed E-state index contributed by atoms with van der Waals surface area (Å²) in [7, 11) is 0. The first-order valence-corrected chi connectivity index (χ1v) is 7.39. The van der Waals surface area contributed by atoms with Crippen molar-refractivity contribution in [3.05, 3.63) is 59.9 Å². The molecule has 1 atom stereocenters. The average Bonchev–Trinajstić information content (AvgIpc) is 2.49. The van der Waals surface area contributed by atoms with Crippen molar-refractivity contribution in [2.75, 3.05) is 10.6 Å². The maximum absolute atomic E-state index is 12.9. The van der Waals surface area contributed by atoms with Gasteiger partial charge in [-0.05, 0) is 48.7 Å². The summed E-state index contributed by atoms with van der Waals surface area (Å²) >= 11 is 0. The Bertz CT molecular complexity index is 638. The molecule has 2 aromatic carbocycles. The van der Waals surface area contributed by atoms with Crippen LogP contribution in [-0.2, 0) is 4.79 Å². The summed E-state index contributed by atoms with van der Waals surface area (Å²) in [5.74, 6) is -0.115. The molecule has 1 amide bonds. The third-order valence-corrected chi connectivity index (χ3v) is 3.46. The number of nitrogens with one attached hydrogen (secondary N) is 2. The molecule has 0 aliphatic rings. The largest absolute Gasteiger partial charge is 0.374 e. The monoisotopic (exact) mass is 300 g/mol. The Morgan fingerprint density at radius 3 is 2.27 bits per heavy atom. The number of amides is 1.